The lowest BCUT2D eigenvalue weighted by Gasteiger charge is -2.19. The number of sulfonamides is 1. The first kappa shape index (κ1) is 12.9. The largest absolute Gasteiger partial charge is 0.368 e. The molecule has 0 fully saturated rings. The van der Waals surface area contributed by atoms with Crippen molar-refractivity contribution in [3.05, 3.63) is 18.3 Å². The number of nitrogens with one attached hydrogen (secondary N) is 1. The standard InChI is InChI=1S/C9H16N4O2S/c1-9(2,10)6-13-8-4-3-7(5-12-8)16(11,14)15/h3-5H,6,10H2,1-2H3,(H,12,13)(H2,11,14,15). The minimum Gasteiger partial charge on any atom is -0.368 e. The minimum atomic E-state index is -3.68. The number of primary sulfonamides is 1. The van der Waals surface area contributed by atoms with Crippen LogP contribution in [0.25, 0.3) is 0 Å². The summed E-state index contributed by atoms with van der Waals surface area (Å²) < 4.78 is 21.9. The molecule has 0 aliphatic heterocycles. The number of anilines is 1. The average molecular weight is 244 g/mol. The summed E-state index contributed by atoms with van der Waals surface area (Å²) in [5, 5.41) is 7.93. The minimum absolute atomic E-state index is 0.00920. The fourth-order valence-electron chi connectivity index (χ4n) is 0.972. The van der Waals surface area contributed by atoms with Gasteiger partial charge in [-0.25, -0.2) is 18.5 Å². The molecular weight excluding hydrogens is 228 g/mol. The Labute approximate surface area is 95.1 Å². The van der Waals surface area contributed by atoms with Gasteiger partial charge in [0, 0.05) is 18.3 Å². The molecule has 7 heteroatoms. The van der Waals surface area contributed by atoms with E-state index in [9.17, 15) is 8.42 Å². The van der Waals surface area contributed by atoms with Crippen molar-refractivity contribution in [2.45, 2.75) is 24.3 Å². The van der Waals surface area contributed by atoms with Crippen molar-refractivity contribution < 1.29 is 8.42 Å². The van der Waals surface area contributed by atoms with Gasteiger partial charge in [0.25, 0.3) is 0 Å². The zero-order valence-corrected chi connectivity index (χ0v) is 10.1. The fourth-order valence-corrected chi connectivity index (χ4v) is 1.43. The van der Waals surface area contributed by atoms with Crippen LogP contribution in [-0.4, -0.2) is 25.5 Å². The van der Waals surface area contributed by atoms with Crippen LogP contribution in [0, 0.1) is 0 Å². The van der Waals surface area contributed by atoms with Crippen molar-refractivity contribution in [3.8, 4) is 0 Å². The Hall–Kier alpha value is -1.18. The highest BCUT2D eigenvalue weighted by molar-refractivity contribution is 7.89. The van der Waals surface area contributed by atoms with Gasteiger partial charge in [0.1, 0.15) is 10.7 Å². The Morgan fingerprint density at radius 1 is 1.44 bits per heavy atom. The second-order valence-electron chi connectivity index (χ2n) is 4.27. The van der Waals surface area contributed by atoms with E-state index in [1.54, 1.807) is 6.07 Å². The first-order valence-corrected chi connectivity index (χ1v) is 6.25. The van der Waals surface area contributed by atoms with Crippen molar-refractivity contribution in [2.75, 3.05) is 11.9 Å². The van der Waals surface area contributed by atoms with E-state index in [-0.39, 0.29) is 10.4 Å². The molecule has 0 radical (unpaired) electrons. The van der Waals surface area contributed by atoms with Gasteiger partial charge in [-0.15, -0.1) is 0 Å². The number of pyridine rings is 1. The molecule has 0 aliphatic rings. The number of nitrogens with zero attached hydrogens (tertiary/aromatic N) is 1. The fraction of sp³-hybridized carbons (Fsp3) is 0.444. The molecule has 0 aromatic carbocycles. The number of nitrogens with two attached hydrogens (primary N) is 2. The maximum absolute atomic E-state index is 11.0. The molecular formula is C9H16N4O2S. The first-order valence-electron chi connectivity index (χ1n) is 4.70. The van der Waals surface area contributed by atoms with E-state index >= 15 is 0 Å². The van der Waals surface area contributed by atoms with Crippen LogP contribution in [-0.2, 0) is 10.0 Å². The number of hydrogen-bond acceptors (Lipinski definition) is 5. The first-order chi connectivity index (χ1) is 7.18. The topological polar surface area (TPSA) is 111 Å². The Morgan fingerprint density at radius 2 is 2.06 bits per heavy atom. The zero-order chi connectivity index (χ0) is 12.4. The molecule has 0 aliphatic carbocycles. The molecule has 0 amide bonds. The van der Waals surface area contributed by atoms with Crippen LogP contribution in [0.4, 0.5) is 5.82 Å². The maximum Gasteiger partial charge on any atom is 0.239 e. The third kappa shape index (κ3) is 4.13. The SMILES string of the molecule is CC(C)(N)CNc1ccc(S(N)(=O)=O)cn1. The Bertz CT molecular complexity index is 447. The monoisotopic (exact) mass is 244 g/mol. The summed E-state index contributed by atoms with van der Waals surface area (Å²) in [6, 6.07) is 2.94. The summed E-state index contributed by atoms with van der Waals surface area (Å²) in [5.41, 5.74) is 5.42. The second kappa shape index (κ2) is 4.36. The lowest BCUT2D eigenvalue weighted by Crippen LogP contribution is -2.39. The molecule has 1 rings (SSSR count). The van der Waals surface area contributed by atoms with Gasteiger partial charge in [-0.05, 0) is 26.0 Å². The second-order valence-corrected chi connectivity index (χ2v) is 5.83. The van der Waals surface area contributed by atoms with E-state index in [0.717, 1.165) is 0 Å². The van der Waals surface area contributed by atoms with E-state index in [0.29, 0.717) is 12.4 Å². The van der Waals surface area contributed by atoms with Gasteiger partial charge in [-0.1, -0.05) is 0 Å². The summed E-state index contributed by atoms with van der Waals surface area (Å²) in [4.78, 5) is 3.91. The number of aromatic nitrogens is 1. The third-order valence-electron chi connectivity index (χ3n) is 1.79. The van der Waals surface area contributed by atoms with Crippen LogP contribution in [0.15, 0.2) is 23.2 Å². The summed E-state index contributed by atoms with van der Waals surface area (Å²) in [6.07, 6.45) is 1.21. The van der Waals surface area contributed by atoms with Crippen LogP contribution in [0.1, 0.15) is 13.8 Å². The molecule has 16 heavy (non-hydrogen) atoms. The lowest BCUT2D eigenvalue weighted by atomic mass is 10.1. The molecule has 1 aromatic rings. The third-order valence-corrected chi connectivity index (χ3v) is 2.69. The average Bonchev–Trinajstić information content (AvgIpc) is 2.13. The summed E-state index contributed by atoms with van der Waals surface area (Å²) in [6.45, 7) is 4.28. The maximum atomic E-state index is 11.0. The molecule has 0 spiro atoms. The Kier molecular flexibility index (Phi) is 3.51. The van der Waals surface area contributed by atoms with Crippen molar-refractivity contribution in [1.29, 1.82) is 0 Å². The molecule has 1 heterocycles. The van der Waals surface area contributed by atoms with Crippen LogP contribution >= 0.6 is 0 Å². The predicted octanol–water partition coefficient (Wildman–Crippen LogP) is -0.122. The molecule has 5 N–H and O–H groups in total. The van der Waals surface area contributed by atoms with Crippen LogP contribution in [0.3, 0.4) is 0 Å². The van der Waals surface area contributed by atoms with Crippen molar-refractivity contribution in [3.63, 3.8) is 0 Å². The van der Waals surface area contributed by atoms with E-state index < -0.39 is 10.0 Å². The van der Waals surface area contributed by atoms with E-state index in [1.165, 1.54) is 12.3 Å². The molecule has 0 bridgehead atoms. The predicted molar refractivity (Wildman–Crippen MR) is 62.4 cm³/mol. The van der Waals surface area contributed by atoms with E-state index in [4.69, 9.17) is 10.9 Å². The normalized spacial score (nSPS) is 12.5. The van der Waals surface area contributed by atoms with Crippen molar-refractivity contribution in [2.24, 2.45) is 10.9 Å². The quantitative estimate of drug-likeness (QED) is 0.683. The molecule has 0 unspecified atom stereocenters. The van der Waals surface area contributed by atoms with Gasteiger partial charge in [0.05, 0.1) is 0 Å². The van der Waals surface area contributed by atoms with E-state index in [2.05, 4.69) is 10.3 Å². The number of hydrogen-bond donors (Lipinski definition) is 3. The highest BCUT2D eigenvalue weighted by atomic mass is 32.2. The highest BCUT2D eigenvalue weighted by Gasteiger charge is 2.11. The van der Waals surface area contributed by atoms with Gasteiger partial charge in [0.2, 0.25) is 10.0 Å². The summed E-state index contributed by atoms with van der Waals surface area (Å²) in [7, 11) is -3.68. The van der Waals surface area contributed by atoms with Gasteiger partial charge >= 0.3 is 0 Å². The molecule has 0 saturated carbocycles. The molecule has 0 saturated heterocycles. The summed E-state index contributed by atoms with van der Waals surface area (Å²) >= 11 is 0. The lowest BCUT2D eigenvalue weighted by molar-refractivity contribution is 0.548. The van der Waals surface area contributed by atoms with Crippen LogP contribution < -0.4 is 16.2 Å². The van der Waals surface area contributed by atoms with Gasteiger partial charge in [-0.3, -0.25) is 0 Å². The Balaban J connectivity index is 2.73. The zero-order valence-electron chi connectivity index (χ0n) is 9.27. The highest BCUT2D eigenvalue weighted by Crippen LogP contribution is 2.09. The molecule has 6 nitrogen and oxygen atoms in total. The Morgan fingerprint density at radius 3 is 2.44 bits per heavy atom. The van der Waals surface area contributed by atoms with Gasteiger partial charge in [0.15, 0.2) is 0 Å². The van der Waals surface area contributed by atoms with Gasteiger partial charge in [-0.2, -0.15) is 0 Å². The van der Waals surface area contributed by atoms with E-state index in [1.807, 2.05) is 13.8 Å². The smallest absolute Gasteiger partial charge is 0.239 e. The van der Waals surface area contributed by atoms with Crippen molar-refractivity contribution in [1.82, 2.24) is 4.98 Å². The molecule has 90 valence electrons. The van der Waals surface area contributed by atoms with Crippen molar-refractivity contribution >= 4 is 15.8 Å². The van der Waals surface area contributed by atoms with Gasteiger partial charge < -0.3 is 11.1 Å². The number of rotatable bonds is 4. The van der Waals surface area contributed by atoms with Crippen LogP contribution in [0.5, 0.6) is 0 Å². The van der Waals surface area contributed by atoms with Crippen LogP contribution in [0.2, 0.25) is 0 Å². The molecule has 0 atom stereocenters. The molecule has 1 aromatic heterocycles. The summed E-state index contributed by atoms with van der Waals surface area (Å²) in [5.74, 6) is 0.561.